The van der Waals surface area contributed by atoms with Gasteiger partial charge in [0.2, 0.25) is 0 Å². The van der Waals surface area contributed by atoms with Crippen molar-refractivity contribution in [3.63, 3.8) is 0 Å². The molecule has 2 aromatic rings. The van der Waals surface area contributed by atoms with Crippen LogP contribution in [0.3, 0.4) is 0 Å². The van der Waals surface area contributed by atoms with Crippen LogP contribution in [0.4, 0.5) is 11.4 Å². The van der Waals surface area contributed by atoms with E-state index in [0.717, 1.165) is 23.2 Å². The summed E-state index contributed by atoms with van der Waals surface area (Å²) in [6.45, 7) is 3.79. The van der Waals surface area contributed by atoms with Crippen molar-refractivity contribution < 1.29 is 9.59 Å². The number of hydrogen-bond acceptors (Lipinski definition) is 2. The van der Waals surface area contributed by atoms with Crippen LogP contribution >= 0.6 is 11.6 Å². The first-order chi connectivity index (χ1) is 11.0. The van der Waals surface area contributed by atoms with Crippen molar-refractivity contribution in [3.05, 3.63) is 58.6 Å². The van der Waals surface area contributed by atoms with Crippen LogP contribution in [0.25, 0.3) is 0 Å². The lowest BCUT2D eigenvalue weighted by Gasteiger charge is -2.22. The lowest BCUT2D eigenvalue weighted by molar-refractivity contribution is -0.134. The standard InChI is InChI=1S/C18H17ClN2O2/c1-11-7-8-14(19)10-15(11)20-17(22)18(23)21-12(2)9-13-5-3-4-6-16(13)21/h3-8,10,12H,9H2,1-2H3,(H,20,22). The zero-order valence-corrected chi connectivity index (χ0v) is 13.7. The molecule has 5 heteroatoms. The summed E-state index contributed by atoms with van der Waals surface area (Å²) < 4.78 is 0. The first-order valence-electron chi connectivity index (χ1n) is 7.46. The molecule has 0 aliphatic carbocycles. The highest BCUT2D eigenvalue weighted by Gasteiger charge is 2.34. The maximum atomic E-state index is 12.6. The van der Waals surface area contributed by atoms with E-state index >= 15 is 0 Å². The molecule has 2 amide bonds. The van der Waals surface area contributed by atoms with Crippen LogP contribution in [-0.4, -0.2) is 17.9 Å². The maximum absolute atomic E-state index is 12.6. The fourth-order valence-electron chi connectivity index (χ4n) is 2.89. The molecule has 4 nitrogen and oxygen atoms in total. The SMILES string of the molecule is Cc1ccc(Cl)cc1NC(=O)C(=O)N1c2ccccc2CC1C. The van der Waals surface area contributed by atoms with Crippen LogP contribution in [0.2, 0.25) is 5.02 Å². The number of anilines is 2. The lowest BCUT2D eigenvalue weighted by Crippen LogP contribution is -2.43. The average Bonchev–Trinajstić information content (AvgIpc) is 2.86. The summed E-state index contributed by atoms with van der Waals surface area (Å²) in [6.07, 6.45) is 0.755. The fraction of sp³-hybridized carbons (Fsp3) is 0.222. The molecule has 1 aliphatic rings. The summed E-state index contributed by atoms with van der Waals surface area (Å²) in [4.78, 5) is 26.5. The summed E-state index contributed by atoms with van der Waals surface area (Å²) in [5.74, 6) is -1.21. The van der Waals surface area contributed by atoms with Gasteiger partial charge < -0.3 is 10.2 Å². The molecule has 1 aliphatic heterocycles. The van der Waals surface area contributed by atoms with E-state index in [1.165, 1.54) is 0 Å². The van der Waals surface area contributed by atoms with Crippen LogP contribution in [0.1, 0.15) is 18.1 Å². The molecule has 2 aromatic carbocycles. The number of nitrogens with zero attached hydrogens (tertiary/aromatic N) is 1. The normalized spacial score (nSPS) is 16.1. The molecule has 0 bridgehead atoms. The number of aryl methyl sites for hydroxylation is 1. The molecule has 23 heavy (non-hydrogen) atoms. The molecule has 1 heterocycles. The van der Waals surface area contributed by atoms with Gasteiger partial charge in [0, 0.05) is 22.4 Å². The first kappa shape index (κ1) is 15.6. The van der Waals surface area contributed by atoms with Gasteiger partial charge in [-0.25, -0.2) is 0 Å². The fourth-order valence-corrected chi connectivity index (χ4v) is 3.06. The highest BCUT2D eigenvalue weighted by molar-refractivity contribution is 6.44. The molecule has 0 saturated heterocycles. The second-order valence-corrected chi connectivity index (χ2v) is 6.21. The average molecular weight is 329 g/mol. The van der Waals surface area contributed by atoms with Gasteiger partial charge in [-0.3, -0.25) is 9.59 Å². The Kier molecular flexibility index (Phi) is 4.09. The molecule has 0 aromatic heterocycles. The highest BCUT2D eigenvalue weighted by atomic mass is 35.5. The minimum atomic E-state index is -0.654. The number of amides is 2. The predicted octanol–water partition coefficient (Wildman–Crippen LogP) is 3.56. The summed E-state index contributed by atoms with van der Waals surface area (Å²) in [5.41, 5.74) is 3.30. The predicted molar refractivity (Wildman–Crippen MR) is 91.9 cm³/mol. The zero-order chi connectivity index (χ0) is 16.6. The summed E-state index contributed by atoms with van der Waals surface area (Å²) in [5, 5.41) is 3.18. The van der Waals surface area contributed by atoms with Gasteiger partial charge in [0.25, 0.3) is 0 Å². The molecule has 3 rings (SSSR count). The van der Waals surface area contributed by atoms with Gasteiger partial charge in [-0.15, -0.1) is 0 Å². The molecular formula is C18H17ClN2O2. The van der Waals surface area contributed by atoms with Crippen molar-refractivity contribution in [1.29, 1.82) is 0 Å². The Balaban J connectivity index is 1.83. The van der Waals surface area contributed by atoms with E-state index in [1.807, 2.05) is 38.1 Å². The summed E-state index contributed by atoms with van der Waals surface area (Å²) in [7, 11) is 0. The Morgan fingerprint density at radius 3 is 2.74 bits per heavy atom. The zero-order valence-electron chi connectivity index (χ0n) is 13.0. The number of para-hydroxylation sites is 1. The largest absolute Gasteiger partial charge is 0.317 e. The minimum absolute atomic E-state index is 0.0360. The second kappa shape index (κ2) is 6.05. The summed E-state index contributed by atoms with van der Waals surface area (Å²) >= 11 is 5.95. The maximum Gasteiger partial charge on any atom is 0.316 e. The Hall–Kier alpha value is -2.33. The van der Waals surface area contributed by atoms with Crippen molar-refractivity contribution >= 4 is 34.8 Å². The minimum Gasteiger partial charge on any atom is -0.317 e. The Bertz CT molecular complexity index is 788. The van der Waals surface area contributed by atoms with Gasteiger partial charge in [0.05, 0.1) is 0 Å². The van der Waals surface area contributed by atoms with Crippen molar-refractivity contribution in [3.8, 4) is 0 Å². The number of fused-ring (bicyclic) bond motifs is 1. The number of nitrogens with one attached hydrogen (secondary N) is 1. The van der Waals surface area contributed by atoms with Gasteiger partial charge >= 0.3 is 11.8 Å². The van der Waals surface area contributed by atoms with E-state index in [4.69, 9.17) is 11.6 Å². The third-order valence-corrected chi connectivity index (χ3v) is 4.30. The van der Waals surface area contributed by atoms with Gasteiger partial charge in [-0.2, -0.15) is 0 Å². The van der Waals surface area contributed by atoms with Gasteiger partial charge in [0.1, 0.15) is 0 Å². The molecule has 1 unspecified atom stereocenters. The molecule has 0 spiro atoms. The third-order valence-electron chi connectivity index (χ3n) is 4.07. The molecule has 118 valence electrons. The van der Waals surface area contributed by atoms with Crippen LogP contribution < -0.4 is 10.2 Å². The molecule has 0 radical (unpaired) electrons. The number of rotatable bonds is 1. The molecule has 1 atom stereocenters. The van der Waals surface area contributed by atoms with Crippen LogP contribution in [0, 0.1) is 6.92 Å². The number of carbonyl (C=O) groups is 2. The molecular weight excluding hydrogens is 312 g/mol. The third kappa shape index (κ3) is 2.94. The molecule has 0 saturated carbocycles. The number of halogens is 1. The molecule has 0 fully saturated rings. The van der Waals surface area contributed by atoms with E-state index in [9.17, 15) is 9.59 Å². The van der Waals surface area contributed by atoms with E-state index in [-0.39, 0.29) is 6.04 Å². The van der Waals surface area contributed by atoms with Crippen LogP contribution in [0.5, 0.6) is 0 Å². The monoisotopic (exact) mass is 328 g/mol. The summed E-state index contributed by atoms with van der Waals surface area (Å²) in [6, 6.07) is 12.8. The van der Waals surface area contributed by atoms with Crippen molar-refractivity contribution in [1.82, 2.24) is 0 Å². The number of hydrogen-bond donors (Lipinski definition) is 1. The Morgan fingerprint density at radius 1 is 1.22 bits per heavy atom. The van der Waals surface area contributed by atoms with E-state index in [1.54, 1.807) is 23.1 Å². The lowest BCUT2D eigenvalue weighted by atomic mass is 10.1. The van der Waals surface area contributed by atoms with Gasteiger partial charge in [-0.1, -0.05) is 35.9 Å². The second-order valence-electron chi connectivity index (χ2n) is 5.77. The topological polar surface area (TPSA) is 49.4 Å². The number of carbonyl (C=O) groups excluding carboxylic acids is 2. The van der Waals surface area contributed by atoms with Crippen molar-refractivity contribution in [2.24, 2.45) is 0 Å². The van der Waals surface area contributed by atoms with Gasteiger partial charge in [-0.05, 0) is 49.6 Å². The Labute approximate surface area is 140 Å². The van der Waals surface area contributed by atoms with Crippen LogP contribution in [-0.2, 0) is 16.0 Å². The van der Waals surface area contributed by atoms with Crippen molar-refractivity contribution in [2.45, 2.75) is 26.3 Å². The quantitative estimate of drug-likeness (QED) is 0.814. The smallest absolute Gasteiger partial charge is 0.316 e. The molecule has 1 N–H and O–H groups in total. The Morgan fingerprint density at radius 2 is 1.96 bits per heavy atom. The van der Waals surface area contributed by atoms with E-state index in [0.29, 0.717) is 10.7 Å². The van der Waals surface area contributed by atoms with Crippen LogP contribution in [0.15, 0.2) is 42.5 Å². The van der Waals surface area contributed by atoms with Gasteiger partial charge in [0.15, 0.2) is 0 Å². The first-order valence-corrected chi connectivity index (χ1v) is 7.84. The number of benzene rings is 2. The highest BCUT2D eigenvalue weighted by Crippen LogP contribution is 2.32. The van der Waals surface area contributed by atoms with Crippen molar-refractivity contribution in [2.75, 3.05) is 10.2 Å². The van der Waals surface area contributed by atoms with E-state index < -0.39 is 11.8 Å². The van der Waals surface area contributed by atoms with E-state index in [2.05, 4.69) is 5.32 Å².